The Bertz CT molecular complexity index is 1650. The van der Waals surface area contributed by atoms with Crippen molar-refractivity contribution in [2.24, 2.45) is 0 Å². The number of nitrogens with zero attached hydrogens (tertiary/aromatic N) is 7. The molecular formula is C41H59N7O9. The van der Waals surface area contributed by atoms with Gasteiger partial charge in [0.15, 0.2) is 6.29 Å². The van der Waals surface area contributed by atoms with Gasteiger partial charge in [-0.3, -0.25) is 4.90 Å². The Morgan fingerprint density at radius 1 is 0.965 bits per heavy atom. The lowest BCUT2D eigenvalue weighted by Crippen LogP contribution is -2.56. The predicted molar refractivity (Wildman–Crippen MR) is 209 cm³/mol. The number of fused-ring (bicyclic) bond motifs is 1. The van der Waals surface area contributed by atoms with Crippen LogP contribution in [0.15, 0.2) is 30.3 Å². The maximum absolute atomic E-state index is 13.3. The van der Waals surface area contributed by atoms with E-state index in [1.165, 1.54) is 0 Å². The summed E-state index contributed by atoms with van der Waals surface area (Å²) in [4.78, 5) is 43.8. The van der Waals surface area contributed by atoms with Crippen LogP contribution in [0.2, 0.25) is 0 Å². The van der Waals surface area contributed by atoms with Gasteiger partial charge in [0.25, 0.3) is 0 Å². The van der Waals surface area contributed by atoms with Crippen molar-refractivity contribution in [1.29, 1.82) is 5.26 Å². The number of piperazine rings is 1. The Kier molecular flexibility index (Phi) is 15.2. The second-order valence-electron chi connectivity index (χ2n) is 16.0. The van der Waals surface area contributed by atoms with Gasteiger partial charge in [0.1, 0.15) is 24.6 Å². The van der Waals surface area contributed by atoms with Crippen molar-refractivity contribution in [2.45, 2.75) is 103 Å². The molecule has 4 aliphatic heterocycles. The third kappa shape index (κ3) is 12.4. The second kappa shape index (κ2) is 20.4. The number of anilines is 1. The van der Waals surface area contributed by atoms with E-state index in [1.807, 2.05) is 51.1 Å². The number of carbonyl (C=O) groups excluding carboxylic acids is 2. The van der Waals surface area contributed by atoms with Crippen LogP contribution in [0.1, 0.15) is 69.7 Å². The smallest absolute Gasteiger partial charge is 0.410 e. The topological polar surface area (TPSA) is 161 Å². The fourth-order valence-corrected chi connectivity index (χ4v) is 7.54. The summed E-state index contributed by atoms with van der Waals surface area (Å²) in [5.41, 5.74) is 1.86. The van der Waals surface area contributed by atoms with Gasteiger partial charge in [-0.05, 0) is 65.5 Å². The molecule has 312 valence electrons. The van der Waals surface area contributed by atoms with Crippen LogP contribution in [0.3, 0.4) is 0 Å². The highest BCUT2D eigenvalue weighted by Gasteiger charge is 2.36. The predicted octanol–water partition coefficient (Wildman–Crippen LogP) is 4.54. The lowest BCUT2D eigenvalue weighted by atomic mass is 10.0. The van der Waals surface area contributed by atoms with E-state index in [2.05, 4.69) is 22.9 Å². The molecule has 4 atom stereocenters. The summed E-state index contributed by atoms with van der Waals surface area (Å²) in [6, 6.07) is 11.6. The average molecular weight is 794 g/mol. The van der Waals surface area contributed by atoms with Crippen LogP contribution in [0.4, 0.5) is 15.4 Å². The number of likely N-dealkylation sites (tertiary alicyclic amines) is 1. The SMILES string of the molecule is CN1C[C@H](OCCOCCOC2CCCCO2)C[C@H]1COc1nc2c(c(N3CCN(C(=O)OCc4ccccc4)C(CC#N)C3)n1)CCN(C(=O)OC(C)(C)C)C2. The number of hydrogen-bond donors (Lipinski definition) is 0. The second-order valence-corrected chi connectivity index (χ2v) is 16.0. The van der Waals surface area contributed by atoms with Crippen molar-refractivity contribution in [3.63, 3.8) is 0 Å². The van der Waals surface area contributed by atoms with Crippen LogP contribution in [-0.4, -0.2) is 146 Å². The van der Waals surface area contributed by atoms with Gasteiger partial charge in [0, 0.05) is 50.9 Å². The molecule has 0 spiro atoms. The summed E-state index contributed by atoms with van der Waals surface area (Å²) in [6.07, 6.45) is 3.66. The van der Waals surface area contributed by atoms with Gasteiger partial charge in [0.2, 0.25) is 0 Å². The molecule has 3 saturated heterocycles. The molecule has 0 radical (unpaired) electrons. The van der Waals surface area contributed by atoms with E-state index in [0.29, 0.717) is 77.1 Å². The maximum Gasteiger partial charge on any atom is 0.410 e. The molecule has 5 heterocycles. The number of rotatable bonds is 15. The molecule has 16 nitrogen and oxygen atoms in total. The summed E-state index contributed by atoms with van der Waals surface area (Å²) in [5.74, 6) is 0.691. The first kappa shape index (κ1) is 42.3. The molecule has 1 aromatic heterocycles. The van der Waals surface area contributed by atoms with Crippen molar-refractivity contribution in [1.82, 2.24) is 24.7 Å². The van der Waals surface area contributed by atoms with E-state index >= 15 is 0 Å². The molecule has 2 aromatic rings. The number of ether oxygens (including phenoxy) is 7. The van der Waals surface area contributed by atoms with Crippen molar-refractivity contribution < 1.29 is 42.7 Å². The van der Waals surface area contributed by atoms with Gasteiger partial charge >= 0.3 is 18.2 Å². The van der Waals surface area contributed by atoms with Gasteiger partial charge < -0.3 is 47.9 Å². The first-order valence-corrected chi connectivity index (χ1v) is 20.3. The monoisotopic (exact) mass is 793 g/mol. The maximum atomic E-state index is 13.3. The number of likely N-dealkylation sites (N-methyl/N-ethyl adjacent to an activating group) is 1. The normalized spacial score (nSPS) is 22.8. The van der Waals surface area contributed by atoms with Crippen molar-refractivity contribution in [3.05, 3.63) is 47.2 Å². The zero-order valence-electron chi connectivity index (χ0n) is 33.9. The minimum absolute atomic E-state index is 0.0363. The van der Waals surface area contributed by atoms with Gasteiger partial charge in [-0.25, -0.2) is 9.59 Å². The fraction of sp³-hybridized carbons (Fsp3) is 0.683. The van der Waals surface area contributed by atoms with Crippen LogP contribution in [-0.2, 0) is 48.0 Å². The van der Waals surface area contributed by atoms with Crippen LogP contribution in [0.25, 0.3) is 0 Å². The highest BCUT2D eigenvalue weighted by atomic mass is 16.7. The molecule has 0 bridgehead atoms. The summed E-state index contributed by atoms with van der Waals surface area (Å²) in [5, 5.41) is 9.76. The van der Waals surface area contributed by atoms with Crippen LogP contribution >= 0.6 is 0 Å². The van der Waals surface area contributed by atoms with E-state index in [9.17, 15) is 14.9 Å². The number of carbonyl (C=O) groups is 2. The van der Waals surface area contributed by atoms with Crippen LogP contribution < -0.4 is 9.64 Å². The van der Waals surface area contributed by atoms with E-state index < -0.39 is 23.8 Å². The first-order chi connectivity index (χ1) is 27.6. The molecule has 4 aliphatic rings. The highest BCUT2D eigenvalue weighted by Crippen LogP contribution is 2.32. The van der Waals surface area contributed by atoms with Crippen molar-refractivity contribution in [2.75, 3.05) is 84.3 Å². The molecule has 57 heavy (non-hydrogen) atoms. The summed E-state index contributed by atoms with van der Waals surface area (Å²) in [6.45, 7) is 11.4. The fourth-order valence-electron chi connectivity index (χ4n) is 7.54. The number of benzene rings is 1. The third-order valence-electron chi connectivity index (χ3n) is 10.5. The lowest BCUT2D eigenvalue weighted by Gasteiger charge is -2.41. The Morgan fingerprint density at radius 2 is 1.77 bits per heavy atom. The average Bonchev–Trinajstić information content (AvgIpc) is 3.56. The first-order valence-electron chi connectivity index (χ1n) is 20.3. The Morgan fingerprint density at radius 3 is 2.53 bits per heavy atom. The third-order valence-corrected chi connectivity index (χ3v) is 10.5. The van der Waals surface area contributed by atoms with Crippen molar-refractivity contribution >= 4 is 18.0 Å². The largest absolute Gasteiger partial charge is 0.462 e. The highest BCUT2D eigenvalue weighted by molar-refractivity contribution is 5.70. The van der Waals surface area contributed by atoms with Gasteiger partial charge in [-0.1, -0.05) is 30.3 Å². The standard InChI is InChI=1S/C41H59N7O9/c1-41(2,3)57-39(49)47-16-14-34-35(27-47)43-38(55-29-32-24-33(26-45(32)4)52-22-20-51-21-23-54-36-12-8-9-19-53-36)44-37(34)46-17-18-48(31(25-46)13-15-42)40(50)56-28-30-10-6-5-7-11-30/h5-7,10-11,31-33,36H,8-9,12-14,16-29H2,1-4H3/t31?,32-,33+,36?/m0/s1. The van der Waals surface area contributed by atoms with Gasteiger partial charge in [0.05, 0.1) is 63.3 Å². The van der Waals surface area contributed by atoms with E-state index in [4.69, 9.17) is 43.1 Å². The molecule has 2 unspecified atom stereocenters. The van der Waals surface area contributed by atoms with E-state index in [0.717, 1.165) is 50.0 Å². The zero-order valence-corrected chi connectivity index (χ0v) is 33.9. The van der Waals surface area contributed by atoms with Crippen LogP contribution in [0.5, 0.6) is 6.01 Å². The number of amides is 2. The summed E-state index contributed by atoms with van der Waals surface area (Å²) < 4.78 is 40.9. The molecule has 2 amide bonds. The molecule has 3 fully saturated rings. The molecular weight excluding hydrogens is 734 g/mol. The summed E-state index contributed by atoms with van der Waals surface area (Å²) >= 11 is 0. The lowest BCUT2D eigenvalue weighted by molar-refractivity contribution is -0.169. The van der Waals surface area contributed by atoms with E-state index in [-0.39, 0.29) is 44.0 Å². The van der Waals surface area contributed by atoms with E-state index in [1.54, 1.807) is 9.80 Å². The Hall–Kier alpha value is -4.27. The Balaban J connectivity index is 1.07. The minimum atomic E-state index is -0.638. The Labute approximate surface area is 336 Å². The summed E-state index contributed by atoms with van der Waals surface area (Å²) in [7, 11) is 2.05. The number of aromatic nitrogens is 2. The quantitative estimate of drug-likeness (QED) is 0.231. The molecule has 0 N–H and O–H groups in total. The van der Waals surface area contributed by atoms with Crippen molar-refractivity contribution in [3.8, 4) is 12.1 Å². The molecule has 0 aliphatic carbocycles. The molecule has 16 heteroatoms. The molecule has 0 saturated carbocycles. The van der Waals surface area contributed by atoms with Crippen LogP contribution in [0, 0.1) is 11.3 Å². The molecule has 1 aromatic carbocycles. The number of hydrogen-bond acceptors (Lipinski definition) is 14. The van der Waals surface area contributed by atoms with Gasteiger partial charge in [-0.2, -0.15) is 15.2 Å². The van der Waals surface area contributed by atoms with Gasteiger partial charge in [-0.15, -0.1) is 0 Å². The molecule has 6 rings (SSSR count). The minimum Gasteiger partial charge on any atom is -0.462 e. The number of nitriles is 1. The zero-order chi connectivity index (χ0) is 40.2.